The van der Waals surface area contributed by atoms with Crippen LogP contribution in [-0.2, 0) is 0 Å². The second-order valence-electron chi connectivity index (χ2n) is 3.73. The fraction of sp³-hybridized carbons (Fsp3) is 1.00. The third kappa shape index (κ3) is 1.97. The topological polar surface area (TPSA) is 23.5 Å². The van der Waals surface area contributed by atoms with Gasteiger partial charge in [-0.05, 0) is 32.1 Å². The molecule has 3 heteroatoms. The van der Waals surface area contributed by atoms with E-state index in [1.54, 1.807) is 0 Å². The maximum atomic E-state index is 9.40. The third-order valence-electron chi connectivity index (χ3n) is 2.62. The van der Waals surface area contributed by atoms with Gasteiger partial charge in [-0.1, -0.05) is 13.8 Å². The third-order valence-corrected chi connectivity index (χ3v) is 2.62. The monoisotopic (exact) mass is 155 g/mol. The lowest BCUT2D eigenvalue weighted by Gasteiger charge is -2.23. The zero-order valence-corrected chi connectivity index (χ0v) is 7.75. The van der Waals surface area contributed by atoms with Crippen LogP contribution in [0.25, 0.3) is 0 Å². The summed E-state index contributed by atoms with van der Waals surface area (Å²) in [5, 5.41) is 9.40. The minimum Gasteiger partial charge on any atom is -0.437 e. The van der Waals surface area contributed by atoms with Gasteiger partial charge in [0, 0.05) is 6.04 Å². The summed E-state index contributed by atoms with van der Waals surface area (Å²) in [6.45, 7) is 7.38. The summed E-state index contributed by atoms with van der Waals surface area (Å²) in [6, 6.07) is 0.616. The SMILES string of the molecule is CC[C@@H]1C[C@@H](C)CN1B(C)O. The van der Waals surface area contributed by atoms with Crippen LogP contribution >= 0.6 is 0 Å². The van der Waals surface area contributed by atoms with E-state index >= 15 is 0 Å². The lowest BCUT2D eigenvalue weighted by molar-refractivity contribution is 0.337. The van der Waals surface area contributed by atoms with E-state index in [0.717, 1.165) is 18.9 Å². The Balaban J connectivity index is 2.50. The smallest absolute Gasteiger partial charge is 0.376 e. The van der Waals surface area contributed by atoms with E-state index in [1.165, 1.54) is 6.42 Å². The molecule has 0 aliphatic carbocycles. The Morgan fingerprint density at radius 2 is 2.27 bits per heavy atom. The molecule has 64 valence electrons. The Hall–Kier alpha value is -0.0151. The Morgan fingerprint density at radius 3 is 2.64 bits per heavy atom. The van der Waals surface area contributed by atoms with Gasteiger partial charge in [-0.25, -0.2) is 0 Å². The van der Waals surface area contributed by atoms with Gasteiger partial charge in [-0.3, -0.25) is 0 Å². The molecule has 11 heavy (non-hydrogen) atoms. The van der Waals surface area contributed by atoms with Gasteiger partial charge in [-0.15, -0.1) is 0 Å². The molecular formula is C8H18BNO. The Labute approximate surface area is 69.7 Å². The first kappa shape index (κ1) is 9.08. The molecule has 0 unspecified atom stereocenters. The number of hydrogen-bond donors (Lipinski definition) is 1. The van der Waals surface area contributed by atoms with Crippen LogP contribution in [0.4, 0.5) is 0 Å². The van der Waals surface area contributed by atoms with Crippen LogP contribution in [0.15, 0.2) is 0 Å². The van der Waals surface area contributed by atoms with Crippen LogP contribution < -0.4 is 0 Å². The molecule has 1 N–H and O–H groups in total. The largest absolute Gasteiger partial charge is 0.437 e. The van der Waals surface area contributed by atoms with E-state index in [-0.39, 0.29) is 7.05 Å². The van der Waals surface area contributed by atoms with Crippen LogP contribution in [0.3, 0.4) is 0 Å². The summed E-state index contributed by atoms with van der Waals surface area (Å²) in [5.41, 5.74) is 0. The average Bonchev–Trinajstić information content (AvgIpc) is 2.30. The fourth-order valence-electron chi connectivity index (χ4n) is 2.04. The molecule has 1 rings (SSSR count). The van der Waals surface area contributed by atoms with Crippen LogP contribution in [0, 0.1) is 5.92 Å². The fourth-order valence-corrected chi connectivity index (χ4v) is 2.04. The van der Waals surface area contributed by atoms with Crippen molar-refractivity contribution in [1.82, 2.24) is 4.81 Å². The van der Waals surface area contributed by atoms with Crippen LogP contribution in [0.1, 0.15) is 26.7 Å². The number of nitrogens with zero attached hydrogens (tertiary/aromatic N) is 1. The van der Waals surface area contributed by atoms with E-state index in [4.69, 9.17) is 0 Å². The molecule has 1 saturated heterocycles. The standard InChI is InChI=1S/C8H18BNO/c1-4-8-5-7(2)6-10(8)9(3)11/h7-8,11H,4-6H2,1-3H3/t7-,8-/m1/s1. The van der Waals surface area contributed by atoms with Crippen LogP contribution in [-0.4, -0.2) is 29.5 Å². The predicted octanol–water partition coefficient (Wildman–Crippen LogP) is 1.22. The minimum atomic E-state index is -0.259. The van der Waals surface area contributed by atoms with Gasteiger partial charge >= 0.3 is 7.05 Å². The molecule has 1 fully saturated rings. The van der Waals surface area contributed by atoms with Crippen molar-refractivity contribution in [3.8, 4) is 0 Å². The highest BCUT2D eigenvalue weighted by molar-refractivity contribution is 6.45. The van der Waals surface area contributed by atoms with Crippen molar-refractivity contribution in [3.05, 3.63) is 0 Å². The van der Waals surface area contributed by atoms with Crippen molar-refractivity contribution in [1.29, 1.82) is 0 Å². The van der Waals surface area contributed by atoms with Gasteiger partial charge in [0.1, 0.15) is 0 Å². The zero-order valence-electron chi connectivity index (χ0n) is 7.75. The second kappa shape index (κ2) is 3.59. The minimum absolute atomic E-state index is 0.259. The molecule has 0 aromatic heterocycles. The van der Waals surface area contributed by atoms with Gasteiger partial charge in [0.2, 0.25) is 0 Å². The van der Waals surface area contributed by atoms with Crippen molar-refractivity contribution in [3.63, 3.8) is 0 Å². The Bertz CT molecular complexity index is 129. The molecule has 0 bridgehead atoms. The van der Waals surface area contributed by atoms with E-state index in [2.05, 4.69) is 18.7 Å². The Kier molecular flexibility index (Phi) is 2.96. The average molecular weight is 155 g/mol. The highest BCUT2D eigenvalue weighted by Crippen LogP contribution is 2.24. The van der Waals surface area contributed by atoms with E-state index < -0.39 is 0 Å². The van der Waals surface area contributed by atoms with Crippen molar-refractivity contribution in [2.75, 3.05) is 6.54 Å². The van der Waals surface area contributed by atoms with Crippen molar-refractivity contribution in [2.45, 2.75) is 39.6 Å². The van der Waals surface area contributed by atoms with Gasteiger partial charge in [0.05, 0.1) is 0 Å². The summed E-state index contributed by atoms with van der Waals surface area (Å²) >= 11 is 0. The first-order valence-corrected chi connectivity index (χ1v) is 4.59. The maximum absolute atomic E-state index is 9.40. The molecule has 0 saturated carbocycles. The normalized spacial score (nSPS) is 32.7. The molecule has 0 aromatic rings. The van der Waals surface area contributed by atoms with Gasteiger partial charge in [0.15, 0.2) is 0 Å². The highest BCUT2D eigenvalue weighted by Gasteiger charge is 2.32. The van der Waals surface area contributed by atoms with Gasteiger partial charge in [0.25, 0.3) is 0 Å². The van der Waals surface area contributed by atoms with Crippen molar-refractivity contribution < 1.29 is 5.02 Å². The van der Waals surface area contributed by atoms with E-state index in [9.17, 15) is 5.02 Å². The van der Waals surface area contributed by atoms with Crippen LogP contribution in [0.5, 0.6) is 0 Å². The summed E-state index contributed by atoms with van der Waals surface area (Å²) in [5.74, 6) is 0.759. The van der Waals surface area contributed by atoms with Gasteiger partial charge < -0.3 is 9.83 Å². The summed E-state index contributed by atoms with van der Waals surface area (Å²) in [4.78, 5) is 2.20. The molecule has 1 aliphatic heterocycles. The molecule has 0 spiro atoms. The zero-order chi connectivity index (χ0) is 8.43. The molecule has 2 nitrogen and oxygen atoms in total. The first-order chi connectivity index (χ1) is 5.15. The predicted molar refractivity (Wildman–Crippen MR) is 48.4 cm³/mol. The molecule has 2 atom stereocenters. The lowest BCUT2D eigenvalue weighted by atomic mass is 9.84. The molecule has 0 radical (unpaired) electrons. The van der Waals surface area contributed by atoms with Crippen molar-refractivity contribution in [2.24, 2.45) is 5.92 Å². The van der Waals surface area contributed by atoms with E-state index in [0.29, 0.717) is 6.04 Å². The summed E-state index contributed by atoms with van der Waals surface area (Å²) < 4.78 is 0. The Morgan fingerprint density at radius 1 is 1.64 bits per heavy atom. The van der Waals surface area contributed by atoms with Gasteiger partial charge in [-0.2, -0.15) is 0 Å². The first-order valence-electron chi connectivity index (χ1n) is 4.59. The number of hydrogen-bond acceptors (Lipinski definition) is 2. The second-order valence-corrected chi connectivity index (χ2v) is 3.73. The summed E-state index contributed by atoms with van der Waals surface area (Å²) in [6.07, 6.45) is 2.41. The van der Waals surface area contributed by atoms with E-state index in [1.807, 2.05) is 6.82 Å². The van der Waals surface area contributed by atoms with Crippen LogP contribution in [0.2, 0.25) is 6.82 Å². The maximum Gasteiger partial charge on any atom is 0.376 e. The molecular weight excluding hydrogens is 137 g/mol. The molecule has 0 amide bonds. The lowest BCUT2D eigenvalue weighted by Crippen LogP contribution is -2.40. The highest BCUT2D eigenvalue weighted by atomic mass is 16.2. The summed E-state index contributed by atoms with van der Waals surface area (Å²) in [7, 11) is -0.259. The molecule has 0 aromatic carbocycles. The number of rotatable bonds is 2. The molecule has 1 aliphatic rings. The van der Waals surface area contributed by atoms with Crippen molar-refractivity contribution >= 4 is 7.05 Å². The quantitative estimate of drug-likeness (QED) is 0.606. The molecule has 1 heterocycles.